The lowest BCUT2D eigenvalue weighted by atomic mass is 9.75. The van der Waals surface area contributed by atoms with Crippen molar-refractivity contribution in [1.29, 1.82) is 0 Å². The Morgan fingerprint density at radius 2 is 1.95 bits per heavy atom. The Bertz CT molecular complexity index is 609. The number of fused-ring (bicyclic) bond motifs is 1. The fourth-order valence-electron chi connectivity index (χ4n) is 3.68. The summed E-state index contributed by atoms with van der Waals surface area (Å²) in [5.41, 5.74) is 1.69. The molecule has 1 N–H and O–H groups in total. The number of benzene rings is 1. The summed E-state index contributed by atoms with van der Waals surface area (Å²) in [4.78, 5) is 0. The van der Waals surface area contributed by atoms with Gasteiger partial charge in [-0.25, -0.2) is 0 Å². The lowest BCUT2D eigenvalue weighted by molar-refractivity contribution is -0.00983. The van der Waals surface area contributed by atoms with Gasteiger partial charge in [-0.05, 0) is 44.6 Å². The topological polar surface area (TPSA) is 38.1 Å². The summed E-state index contributed by atoms with van der Waals surface area (Å²) in [5.74, 6) is 0.801. The lowest BCUT2D eigenvalue weighted by Gasteiger charge is -2.35. The van der Waals surface area contributed by atoms with Gasteiger partial charge in [-0.1, -0.05) is 31.5 Å². The monoisotopic (exact) mass is 286 g/mol. The second-order valence-electron chi connectivity index (χ2n) is 6.53. The highest BCUT2D eigenvalue weighted by Gasteiger charge is 2.34. The van der Waals surface area contributed by atoms with E-state index < -0.39 is 5.60 Å². The predicted octanol–water partition coefficient (Wildman–Crippen LogP) is 3.93. The van der Waals surface area contributed by atoms with Gasteiger partial charge in [-0.15, -0.1) is 0 Å². The molecule has 1 aliphatic rings. The summed E-state index contributed by atoms with van der Waals surface area (Å²) in [6, 6.07) is 8.37. The minimum absolute atomic E-state index is 0.554. The van der Waals surface area contributed by atoms with Crippen molar-refractivity contribution in [2.24, 2.45) is 5.92 Å². The summed E-state index contributed by atoms with van der Waals surface area (Å²) in [6.45, 7) is 5.24. The van der Waals surface area contributed by atoms with Crippen LogP contribution in [0.1, 0.15) is 51.6 Å². The molecule has 3 heteroatoms. The highest BCUT2D eigenvalue weighted by molar-refractivity contribution is 5.82. The maximum absolute atomic E-state index is 10.9. The molecule has 0 amide bonds. The molecule has 21 heavy (non-hydrogen) atoms. The van der Waals surface area contributed by atoms with E-state index in [9.17, 15) is 5.11 Å². The summed E-state index contributed by atoms with van der Waals surface area (Å²) in [6.07, 6.45) is 6.07. The number of hydrogen-bond donors (Lipinski definition) is 1. The molecule has 0 radical (unpaired) electrons. The van der Waals surface area contributed by atoms with Crippen molar-refractivity contribution < 1.29 is 5.11 Å². The molecule has 1 saturated carbocycles. The van der Waals surface area contributed by atoms with Gasteiger partial charge in [-0.2, -0.15) is 5.10 Å². The number of aromatic nitrogens is 2. The molecule has 0 unspecified atom stereocenters. The molecule has 1 aliphatic carbocycles. The first-order valence-electron chi connectivity index (χ1n) is 8.32. The molecule has 1 heterocycles. The molecule has 3 nitrogen and oxygen atoms in total. The van der Waals surface area contributed by atoms with Crippen LogP contribution in [0.3, 0.4) is 0 Å². The molecular weight excluding hydrogens is 260 g/mol. The first kappa shape index (κ1) is 14.6. The highest BCUT2D eigenvalue weighted by atomic mass is 16.3. The maximum atomic E-state index is 10.9. The smallest absolute Gasteiger partial charge is 0.0731 e. The van der Waals surface area contributed by atoms with E-state index in [1.165, 1.54) is 17.3 Å². The van der Waals surface area contributed by atoms with Crippen LogP contribution >= 0.6 is 0 Å². The molecule has 0 saturated heterocycles. The van der Waals surface area contributed by atoms with E-state index in [1.54, 1.807) is 0 Å². The van der Waals surface area contributed by atoms with Gasteiger partial charge in [0.25, 0.3) is 0 Å². The van der Waals surface area contributed by atoms with E-state index >= 15 is 0 Å². The van der Waals surface area contributed by atoms with Crippen molar-refractivity contribution in [2.75, 3.05) is 0 Å². The Morgan fingerprint density at radius 1 is 1.24 bits per heavy atom. The van der Waals surface area contributed by atoms with Gasteiger partial charge in [0.05, 0.1) is 16.8 Å². The highest BCUT2D eigenvalue weighted by Crippen LogP contribution is 2.36. The van der Waals surface area contributed by atoms with Gasteiger partial charge in [0, 0.05) is 18.4 Å². The number of hydrogen-bond acceptors (Lipinski definition) is 2. The van der Waals surface area contributed by atoms with Crippen LogP contribution in [-0.2, 0) is 13.0 Å². The first-order chi connectivity index (χ1) is 10.1. The van der Waals surface area contributed by atoms with Gasteiger partial charge in [0.2, 0.25) is 0 Å². The van der Waals surface area contributed by atoms with Crippen molar-refractivity contribution in [3.8, 4) is 0 Å². The lowest BCUT2D eigenvalue weighted by Crippen LogP contribution is -2.36. The molecule has 1 aromatic heterocycles. The van der Waals surface area contributed by atoms with Gasteiger partial charge in [-0.3, -0.25) is 4.68 Å². The van der Waals surface area contributed by atoms with Crippen LogP contribution in [-0.4, -0.2) is 20.5 Å². The van der Waals surface area contributed by atoms with Gasteiger partial charge < -0.3 is 5.11 Å². The van der Waals surface area contributed by atoms with Gasteiger partial charge in [0.1, 0.15) is 0 Å². The fourth-order valence-corrected chi connectivity index (χ4v) is 3.68. The van der Waals surface area contributed by atoms with Gasteiger partial charge in [0.15, 0.2) is 0 Å². The average molecular weight is 286 g/mol. The van der Waals surface area contributed by atoms with Crippen LogP contribution in [0.25, 0.3) is 10.9 Å². The van der Waals surface area contributed by atoms with Crippen LogP contribution in [0.4, 0.5) is 0 Å². The Labute approximate surface area is 127 Å². The number of aliphatic hydroxyl groups is 1. The van der Waals surface area contributed by atoms with Crippen LogP contribution in [0.5, 0.6) is 0 Å². The molecule has 0 spiro atoms. The van der Waals surface area contributed by atoms with Crippen molar-refractivity contribution in [3.05, 3.63) is 30.0 Å². The normalized spacial score (nSPS) is 26.3. The predicted molar refractivity (Wildman–Crippen MR) is 86.3 cm³/mol. The van der Waals surface area contributed by atoms with Crippen molar-refractivity contribution in [3.63, 3.8) is 0 Å². The third-order valence-electron chi connectivity index (χ3n) is 5.14. The quantitative estimate of drug-likeness (QED) is 0.924. The molecule has 2 aromatic rings. The van der Waals surface area contributed by atoms with E-state index in [0.29, 0.717) is 6.42 Å². The zero-order valence-electron chi connectivity index (χ0n) is 13.2. The molecule has 3 rings (SSSR count). The minimum Gasteiger partial charge on any atom is -0.389 e. The fraction of sp³-hybridized carbons (Fsp3) is 0.611. The van der Waals surface area contributed by atoms with Crippen LogP contribution in [0.2, 0.25) is 0 Å². The molecule has 0 bridgehead atoms. The SMILES string of the molecule is CCC1CCC(O)(Cc2nn(CC)c3ccccc23)CC1. The largest absolute Gasteiger partial charge is 0.389 e. The molecular formula is C18H26N2O. The third-order valence-corrected chi connectivity index (χ3v) is 5.14. The Hall–Kier alpha value is -1.35. The van der Waals surface area contributed by atoms with Crippen molar-refractivity contribution in [2.45, 2.75) is 64.5 Å². The maximum Gasteiger partial charge on any atom is 0.0731 e. The van der Waals surface area contributed by atoms with Crippen LogP contribution < -0.4 is 0 Å². The summed E-state index contributed by atoms with van der Waals surface area (Å²) in [5, 5.41) is 16.9. The van der Waals surface area contributed by atoms with E-state index in [2.05, 4.69) is 38.1 Å². The van der Waals surface area contributed by atoms with E-state index in [4.69, 9.17) is 5.10 Å². The zero-order valence-corrected chi connectivity index (χ0v) is 13.2. The van der Waals surface area contributed by atoms with Gasteiger partial charge >= 0.3 is 0 Å². The second kappa shape index (κ2) is 5.80. The molecule has 114 valence electrons. The summed E-state index contributed by atoms with van der Waals surface area (Å²) < 4.78 is 2.05. The molecule has 1 fully saturated rings. The van der Waals surface area contributed by atoms with E-state index in [0.717, 1.165) is 43.8 Å². The van der Waals surface area contributed by atoms with Crippen molar-refractivity contribution >= 4 is 10.9 Å². The standard InChI is InChI=1S/C18H26N2O/c1-3-14-9-11-18(21,12-10-14)13-16-15-7-5-6-8-17(15)20(4-2)19-16/h5-8,14,21H,3-4,9-13H2,1-2H3. The zero-order chi connectivity index (χ0) is 14.9. The molecule has 1 aromatic carbocycles. The van der Waals surface area contributed by atoms with Crippen LogP contribution in [0, 0.1) is 5.92 Å². The summed E-state index contributed by atoms with van der Waals surface area (Å²) >= 11 is 0. The number of aryl methyl sites for hydroxylation is 1. The number of rotatable bonds is 4. The third kappa shape index (κ3) is 2.84. The summed E-state index contributed by atoms with van der Waals surface area (Å²) in [7, 11) is 0. The van der Waals surface area contributed by atoms with Crippen LogP contribution in [0.15, 0.2) is 24.3 Å². The van der Waals surface area contributed by atoms with E-state index in [1.807, 2.05) is 4.68 Å². The average Bonchev–Trinajstić information content (AvgIpc) is 2.86. The minimum atomic E-state index is -0.554. The Balaban J connectivity index is 1.85. The Morgan fingerprint density at radius 3 is 2.62 bits per heavy atom. The molecule has 0 aliphatic heterocycles. The first-order valence-corrected chi connectivity index (χ1v) is 8.32. The van der Waals surface area contributed by atoms with E-state index in [-0.39, 0.29) is 0 Å². The second-order valence-corrected chi connectivity index (χ2v) is 6.53. The Kier molecular flexibility index (Phi) is 4.03. The molecule has 0 atom stereocenters. The number of nitrogens with zero attached hydrogens (tertiary/aromatic N) is 2. The number of para-hydroxylation sites is 1. The van der Waals surface area contributed by atoms with Crippen molar-refractivity contribution in [1.82, 2.24) is 9.78 Å².